The Kier molecular flexibility index (Phi) is 5.88. The van der Waals surface area contributed by atoms with Crippen LogP contribution in [-0.2, 0) is 4.79 Å². The normalized spacial score (nSPS) is 23.7. The molecule has 35 heavy (non-hydrogen) atoms. The van der Waals surface area contributed by atoms with Crippen molar-refractivity contribution in [2.24, 2.45) is 10.4 Å². The number of ether oxygens (including phenoxy) is 1. The standard InChI is InChI=1S/C27H29N5O3/c1-27(2)13-21(33)20(22(34)14-27)15-28-24-23(17-9-11-19(35-3)12-10-17)31-26-29-16-30-32(26)25(24)18-7-5-4-6-8-18/h4-12,15-16,23-25,33H,13-14H2,1-3H3,(H,29,30,31)/t23-,24-,25-/m0/s1. The number of Topliss-reactive ketones (excluding diaryl/α,β-unsaturated/α-hetero) is 1. The summed E-state index contributed by atoms with van der Waals surface area (Å²) in [6.07, 6.45) is 3.89. The zero-order valence-electron chi connectivity index (χ0n) is 20.0. The number of aliphatic hydroxyl groups excluding tert-OH is 1. The predicted molar refractivity (Wildman–Crippen MR) is 134 cm³/mol. The van der Waals surface area contributed by atoms with Gasteiger partial charge in [-0.1, -0.05) is 56.3 Å². The van der Waals surface area contributed by atoms with Gasteiger partial charge in [-0.05, 0) is 28.7 Å². The van der Waals surface area contributed by atoms with Crippen LogP contribution in [0.1, 0.15) is 49.9 Å². The number of aromatic nitrogens is 3. The maximum Gasteiger partial charge on any atom is 0.222 e. The number of ketones is 1. The monoisotopic (exact) mass is 471 g/mol. The molecule has 1 aromatic heterocycles. The number of rotatable bonds is 5. The molecule has 0 spiro atoms. The molecule has 0 amide bonds. The number of benzene rings is 2. The molecule has 0 unspecified atom stereocenters. The molecule has 0 radical (unpaired) electrons. The number of carbonyl (C=O) groups is 1. The van der Waals surface area contributed by atoms with Gasteiger partial charge in [0.15, 0.2) is 5.78 Å². The van der Waals surface area contributed by atoms with Crippen molar-refractivity contribution in [3.05, 3.63) is 83.4 Å². The fraction of sp³-hybridized carbons (Fsp3) is 0.333. The average Bonchev–Trinajstić information content (AvgIpc) is 3.31. The molecule has 0 saturated heterocycles. The Labute approximate surface area is 204 Å². The van der Waals surface area contributed by atoms with Gasteiger partial charge in [0.1, 0.15) is 29.9 Å². The molecule has 0 saturated carbocycles. The van der Waals surface area contributed by atoms with Crippen LogP contribution < -0.4 is 10.1 Å². The first-order chi connectivity index (χ1) is 16.9. The van der Waals surface area contributed by atoms with E-state index < -0.39 is 0 Å². The summed E-state index contributed by atoms with van der Waals surface area (Å²) in [6.45, 7) is 3.97. The molecule has 0 bridgehead atoms. The van der Waals surface area contributed by atoms with Gasteiger partial charge >= 0.3 is 0 Å². The summed E-state index contributed by atoms with van der Waals surface area (Å²) >= 11 is 0. The van der Waals surface area contributed by atoms with Gasteiger partial charge in [-0.3, -0.25) is 9.79 Å². The van der Waals surface area contributed by atoms with Gasteiger partial charge < -0.3 is 15.2 Å². The van der Waals surface area contributed by atoms with E-state index >= 15 is 0 Å². The molecule has 5 rings (SSSR count). The predicted octanol–water partition coefficient (Wildman–Crippen LogP) is 4.68. The molecule has 3 atom stereocenters. The molecule has 8 nitrogen and oxygen atoms in total. The Hall–Kier alpha value is -3.94. The number of aliphatic imine (C=N–C) groups is 1. The second-order valence-electron chi connectivity index (χ2n) is 9.85. The molecular weight excluding hydrogens is 442 g/mol. The molecule has 2 heterocycles. The SMILES string of the molecule is COc1ccc([C@@H]2Nc3ncnn3[C@@H](c3ccccc3)[C@H]2N=CC2=C(O)CC(C)(C)CC2=O)cc1. The van der Waals surface area contributed by atoms with Gasteiger partial charge in [-0.15, -0.1) is 0 Å². The fourth-order valence-corrected chi connectivity index (χ4v) is 4.97. The van der Waals surface area contributed by atoms with E-state index in [0.717, 1.165) is 16.9 Å². The van der Waals surface area contributed by atoms with E-state index in [9.17, 15) is 9.90 Å². The van der Waals surface area contributed by atoms with Crippen LogP contribution in [0.2, 0.25) is 0 Å². The third kappa shape index (κ3) is 4.43. The number of nitrogens with one attached hydrogen (secondary N) is 1. The highest BCUT2D eigenvalue weighted by atomic mass is 16.5. The lowest BCUT2D eigenvalue weighted by Crippen LogP contribution is -2.40. The molecule has 0 fully saturated rings. The number of hydrogen-bond donors (Lipinski definition) is 2. The number of fused-ring (bicyclic) bond motifs is 1. The fourth-order valence-electron chi connectivity index (χ4n) is 4.97. The zero-order valence-corrected chi connectivity index (χ0v) is 20.0. The van der Waals surface area contributed by atoms with Crippen LogP contribution in [0.15, 0.2) is 77.2 Å². The minimum absolute atomic E-state index is 0.0926. The summed E-state index contributed by atoms with van der Waals surface area (Å²) in [7, 11) is 1.64. The number of hydrogen-bond acceptors (Lipinski definition) is 7. The van der Waals surface area contributed by atoms with Crippen molar-refractivity contribution in [1.82, 2.24) is 14.8 Å². The van der Waals surface area contributed by atoms with E-state index in [2.05, 4.69) is 15.4 Å². The van der Waals surface area contributed by atoms with E-state index in [-0.39, 0.29) is 40.7 Å². The van der Waals surface area contributed by atoms with E-state index in [1.807, 2.05) is 73.1 Å². The lowest BCUT2D eigenvalue weighted by atomic mass is 9.77. The van der Waals surface area contributed by atoms with Crippen molar-refractivity contribution in [3.8, 4) is 5.75 Å². The first-order valence-corrected chi connectivity index (χ1v) is 11.7. The summed E-state index contributed by atoms with van der Waals surface area (Å²) in [5, 5.41) is 18.6. The highest BCUT2D eigenvalue weighted by Gasteiger charge is 2.40. The maximum atomic E-state index is 12.9. The van der Waals surface area contributed by atoms with Crippen LogP contribution in [0.3, 0.4) is 0 Å². The number of anilines is 1. The second-order valence-corrected chi connectivity index (χ2v) is 9.85. The van der Waals surface area contributed by atoms with E-state index in [1.54, 1.807) is 13.3 Å². The molecule has 180 valence electrons. The number of carbonyl (C=O) groups excluding carboxylic acids is 1. The number of allylic oxidation sites excluding steroid dienone is 2. The van der Waals surface area contributed by atoms with Crippen LogP contribution in [0, 0.1) is 5.41 Å². The van der Waals surface area contributed by atoms with Crippen LogP contribution in [0.25, 0.3) is 0 Å². The average molecular weight is 472 g/mol. The molecule has 1 aliphatic carbocycles. The van der Waals surface area contributed by atoms with Crippen molar-refractivity contribution in [2.45, 2.75) is 44.8 Å². The Morgan fingerprint density at radius 1 is 1.11 bits per heavy atom. The smallest absolute Gasteiger partial charge is 0.222 e. The van der Waals surface area contributed by atoms with Gasteiger partial charge in [0, 0.05) is 19.1 Å². The number of nitrogens with zero attached hydrogens (tertiary/aromatic N) is 4. The van der Waals surface area contributed by atoms with Crippen LogP contribution in [0.5, 0.6) is 5.75 Å². The van der Waals surface area contributed by atoms with Gasteiger partial charge in [-0.25, -0.2) is 4.68 Å². The summed E-state index contributed by atoms with van der Waals surface area (Å²) < 4.78 is 7.17. The molecule has 3 aromatic rings. The third-order valence-electron chi connectivity index (χ3n) is 6.67. The van der Waals surface area contributed by atoms with Gasteiger partial charge in [0.25, 0.3) is 0 Å². The van der Waals surface area contributed by atoms with Crippen LogP contribution in [-0.4, -0.2) is 45.0 Å². The van der Waals surface area contributed by atoms with E-state index in [0.29, 0.717) is 18.8 Å². The lowest BCUT2D eigenvalue weighted by Gasteiger charge is -2.37. The van der Waals surface area contributed by atoms with Crippen LogP contribution in [0.4, 0.5) is 5.95 Å². The highest BCUT2D eigenvalue weighted by molar-refractivity contribution is 6.14. The van der Waals surface area contributed by atoms with Crippen LogP contribution >= 0.6 is 0 Å². The van der Waals surface area contributed by atoms with E-state index in [1.165, 1.54) is 6.33 Å². The van der Waals surface area contributed by atoms with Gasteiger partial charge in [-0.2, -0.15) is 10.1 Å². The highest BCUT2D eigenvalue weighted by Crippen LogP contribution is 2.41. The van der Waals surface area contributed by atoms with Crippen molar-refractivity contribution in [2.75, 3.05) is 12.4 Å². The molecule has 2 aliphatic rings. The first-order valence-electron chi connectivity index (χ1n) is 11.7. The lowest BCUT2D eigenvalue weighted by molar-refractivity contribution is -0.117. The van der Waals surface area contributed by atoms with Crippen molar-refractivity contribution >= 4 is 17.9 Å². The number of methoxy groups -OCH3 is 1. The topological polar surface area (TPSA) is 102 Å². The van der Waals surface area contributed by atoms with Crippen molar-refractivity contribution in [1.29, 1.82) is 0 Å². The molecular formula is C27H29N5O3. The molecule has 2 aromatic carbocycles. The zero-order chi connectivity index (χ0) is 24.6. The third-order valence-corrected chi connectivity index (χ3v) is 6.67. The maximum absolute atomic E-state index is 12.9. The molecule has 2 N–H and O–H groups in total. The molecule has 1 aliphatic heterocycles. The summed E-state index contributed by atoms with van der Waals surface area (Å²) in [5.74, 6) is 1.41. The van der Waals surface area contributed by atoms with Gasteiger partial charge in [0.2, 0.25) is 5.95 Å². The minimum atomic E-state index is -0.372. The second kappa shape index (κ2) is 9.02. The summed E-state index contributed by atoms with van der Waals surface area (Å²) in [6, 6.07) is 17.0. The Morgan fingerprint density at radius 3 is 2.54 bits per heavy atom. The minimum Gasteiger partial charge on any atom is -0.511 e. The van der Waals surface area contributed by atoms with Gasteiger partial charge in [0.05, 0.1) is 18.7 Å². The van der Waals surface area contributed by atoms with Crippen molar-refractivity contribution < 1.29 is 14.6 Å². The first kappa shape index (κ1) is 22.8. The number of aliphatic hydroxyl groups is 1. The largest absolute Gasteiger partial charge is 0.511 e. The summed E-state index contributed by atoms with van der Waals surface area (Å²) in [4.78, 5) is 22.2. The quantitative estimate of drug-likeness (QED) is 0.524. The Morgan fingerprint density at radius 2 is 1.86 bits per heavy atom. The molecule has 8 heteroatoms. The Bertz CT molecular complexity index is 1280. The van der Waals surface area contributed by atoms with E-state index in [4.69, 9.17) is 9.73 Å². The Balaban J connectivity index is 1.61. The van der Waals surface area contributed by atoms with Crippen molar-refractivity contribution in [3.63, 3.8) is 0 Å². The summed E-state index contributed by atoms with van der Waals surface area (Å²) in [5.41, 5.74) is 2.04.